The van der Waals surface area contributed by atoms with Crippen molar-refractivity contribution in [2.75, 3.05) is 0 Å². The van der Waals surface area contributed by atoms with Crippen LogP contribution >= 0.6 is 0 Å². The molecule has 0 saturated carbocycles. The molecule has 2 N–H and O–H groups in total. The van der Waals surface area contributed by atoms with Gasteiger partial charge in [0.05, 0.1) is 11.1 Å². The number of hydrogen-bond acceptors (Lipinski definition) is 2. The minimum absolute atomic E-state index is 0.0111. The van der Waals surface area contributed by atoms with Crippen LogP contribution in [0.2, 0.25) is 0 Å². The van der Waals surface area contributed by atoms with Crippen LogP contribution in [-0.4, -0.2) is 22.2 Å². The first-order chi connectivity index (χ1) is 9.99. The maximum Gasteiger partial charge on any atom is 0.335 e. The van der Waals surface area contributed by atoms with Crippen LogP contribution in [0, 0.1) is 0 Å². The van der Waals surface area contributed by atoms with Crippen LogP contribution in [0.15, 0.2) is 48.5 Å². The summed E-state index contributed by atoms with van der Waals surface area (Å²) in [6.45, 7) is 1.94. The predicted molar refractivity (Wildman–Crippen MR) is 78.9 cm³/mol. The summed E-state index contributed by atoms with van der Waals surface area (Å²) in [5.41, 5.74) is 1.81. The van der Waals surface area contributed by atoms with E-state index in [0.717, 1.165) is 5.56 Å². The van der Waals surface area contributed by atoms with Gasteiger partial charge in [-0.2, -0.15) is 0 Å². The van der Waals surface area contributed by atoms with Crippen molar-refractivity contribution < 1.29 is 19.8 Å². The monoisotopic (exact) mass is 284 g/mol. The Bertz CT molecular complexity index is 662. The maximum atomic E-state index is 11.4. The second-order valence-electron chi connectivity index (χ2n) is 5.00. The summed E-state index contributed by atoms with van der Waals surface area (Å²) in [5, 5.41) is 18.3. The molecule has 0 aliphatic carbocycles. The summed E-state index contributed by atoms with van der Waals surface area (Å²) < 4.78 is 0. The molecule has 0 radical (unpaired) electrons. The smallest absolute Gasteiger partial charge is 0.335 e. The van der Waals surface area contributed by atoms with Crippen molar-refractivity contribution in [1.82, 2.24) is 0 Å². The van der Waals surface area contributed by atoms with Crippen molar-refractivity contribution in [3.05, 3.63) is 70.8 Å². The Hall–Kier alpha value is -2.62. The Morgan fingerprint density at radius 3 is 2.24 bits per heavy atom. The molecule has 0 fully saturated rings. The van der Waals surface area contributed by atoms with Crippen LogP contribution in [0.1, 0.15) is 44.7 Å². The van der Waals surface area contributed by atoms with E-state index in [1.807, 2.05) is 37.3 Å². The van der Waals surface area contributed by atoms with E-state index in [1.165, 1.54) is 12.1 Å². The normalized spacial score (nSPS) is 11.9. The van der Waals surface area contributed by atoms with Gasteiger partial charge in [0.1, 0.15) is 0 Å². The van der Waals surface area contributed by atoms with Crippen molar-refractivity contribution in [1.29, 1.82) is 0 Å². The van der Waals surface area contributed by atoms with Gasteiger partial charge < -0.3 is 10.2 Å². The molecule has 0 aliphatic rings. The third-order valence-corrected chi connectivity index (χ3v) is 3.45. The van der Waals surface area contributed by atoms with Gasteiger partial charge in [-0.1, -0.05) is 43.3 Å². The first-order valence-electron chi connectivity index (χ1n) is 6.63. The molecule has 1 atom stereocenters. The molecule has 2 rings (SSSR count). The van der Waals surface area contributed by atoms with E-state index in [0.29, 0.717) is 12.0 Å². The van der Waals surface area contributed by atoms with E-state index in [-0.39, 0.29) is 17.0 Å². The quantitative estimate of drug-likeness (QED) is 0.882. The summed E-state index contributed by atoms with van der Waals surface area (Å²) in [6.07, 6.45) is 0.702. The van der Waals surface area contributed by atoms with E-state index in [9.17, 15) is 14.7 Å². The number of carbonyl (C=O) groups is 2. The fourth-order valence-corrected chi connectivity index (χ4v) is 2.38. The lowest BCUT2D eigenvalue weighted by atomic mass is 9.89. The maximum absolute atomic E-state index is 11.4. The largest absolute Gasteiger partial charge is 0.478 e. The lowest BCUT2D eigenvalue weighted by Crippen LogP contribution is -2.10. The lowest BCUT2D eigenvalue weighted by molar-refractivity contribution is 0.0695. The van der Waals surface area contributed by atoms with Crippen molar-refractivity contribution in [3.8, 4) is 0 Å². The number of benzene rings is 2. The second-order valence-corrected chi connectivity index (χ2v) is 5.00. The van der Waals surface area contributed by atoms with Crippen LogP contribution in [0.4, 0.5) is 0 Å². The Kier molecular flexibility index (Phi) is 4.38. The highest BCUT2D eigenvalue weighted by Gasteiger charge is 2.18. The SMILES string of the molecule is CC(Cc1ccccc1)c1ccc(C(=O)O)cc1C(=O)O. The Morgan fingerprint density at radius 2 is 1.67 bits per heavy atom. The molecule has 0 heterocycles. The van der Waals surface area contributed by atoms with Gasteiger partial charge in [-0.25, -0.2) is 9.59 Å². The number of carboxylic acid groups (broad SMARTS) is 2. The Labute approximate surface area is 122 Å². The fourth-order valence-electron chi connectivity index (χ4n) is 2.38. The number of aromatic carboxylic acids is 2. The zero-order chi connectivity index (χ0) is 15.4. The summed E-state index contributed by atoms with van der Waals surface area (Å²) in [7, 11) is 0. The van der Waals surface area contributed by atoms with Gasteiger partial charge in [-0.3, -0.25) is 0 Å². The van der Waals surface area contributed by atoms with Crippen LogP contribution in [0.25, 0.3) is 0 Å². The Morgan fingerprint density at radius 1 is 1.00 bits per heavy atom. The van der Waals surface area contributed by atoms with Crippen LogP contribution < -0.4 is 0 Å². The Balaban J connectivity index is 2.34. The van der Waals surface area contributed by atoms with Gasteiger partial charge in [-0.05, 0) is 35.6 Å². The highest BCUT2D eigenvalue weighted by Crippen LogP contribution is 2.25. The topological polar surface area (TPSA) is 74.6 Å². The summed E-state index contributed by atoms with van der Waals surface area (Å²) in [6, 6.07) is 14.1. The van der Waals surface area contributed by atoms with Crippen LogP contribution in [-0.2, 0) is 6.42 Å². The van der Waals surface area contributed by atoms with Crippen molar-refractivity contribution in [2.24, 2.45) is 0 Å². The molecule has 21 heavy (non-hydrogen) atoms. The van der Waals surface area contributed by atoms with Gasteiger partial charge in [0.2, 0.25) is 0 Å². The third kappa shape index (κ3) is 3.48. The number of hydrogen-bond donors (Lipinski definition) is 2. The predicted octanol–water partition coefficient (Wildman–Crippen LogP) is 3.43. The molecule has 2 aromatic rings. The molecule has 108 valence electrons. The van der Waals surface area contributed by atoms with Gasteiger partial charge in [-0.15, -0.1) is 0 Å². The summed E-state index contributed by atoms with van der Waals surface area (Å²) in [4.78, 5) is 22.3. The molecule has 0 amide bonds. The van der Waals surface area contributed by atoms with Crippen LogP contribution in [0.5, 0.6) is 0 Å². The van der Waals surface area contributed by atoms with Crippen molar-refractivity contribution >= 4 is 11.9 Å². The second kappa shape index (κ2) is 6.22. The van der Waals surface area contributed by atoms with Gasteiger partial charge in [0.25, 0.3) is 0 Å². The van der Waals surface area contributed by atoms with E-state index in [4.69, 9.17) is 5.11 Å². The van der Waals surface area contributed by atoms with Crippen LogP contribution in [0.3, 0.4) is 0 Å². The number of rotatable bonds is 5. The third-order valence-electron chi connectivity index (χ3n) is 3.45. The fraction of sp³-hybridized carbons (Fsp3) is 0.176. The van der Waals surface area contributed by atoms with Gasteiger partial charge in [0.15, 0.2) is 0 Å². The van der Waals surface area contributed by atoms with Crippen molar-refractivity contribution in [2.45, 2.75) is 19.3 Å². The molecule has 0 aliphatic heterocycles. The van der Waals surface area contributed by atoms with Gasteiger partial charge >= 0.3 is 11.9 Å². The van der Waals surface area contributed by atoms with E-state index in [2.05, 4.69) is 0 Å². The molecule has 0 aromatic heterocycles. The molecule has 4 heteroatoms. The standard InChI is InChI=1S/C17H16O4/c1-11(9-12-5-3-2-4-6-12)14-8-7-13(16(18)19)10-15(14)17(20)21/h2-8,10-11H,9H2,1H3,(H,18,19)(H,20,21). The zero-order valence-corrected chi connectivity index (χ0v) is 11.6. The minimum Gasteiger partial charge on any atom is -0.478 e. The molecule has 2 aromatic carbocycles. The van der Waals surface area contributed by atoms with Crippen molar-refractivity contribution in [3.63, 3.8) is 0 Å². The molecular weight excluding hydrogens is 268 g/mol. The average Bonchev–Trinajstić information content (AvgIpc) is 2.47. The molecule has 0 saturated heterocycles. The highest BCUT2D eigenvalue weighted by atomic mass is 16.4. The summed E-state index contributed by atoms with van der Waals surface area (Å²) >= 11 is 0. The zero-order valence-electron chi connectivity index (χ0n) is 11.6. The van der Waals surface area contributed by atoms with E-state index < -0.39 is 11.9 Å². The van der Waals surface area contributed by atoms with E-state index >= 15 is 0 Å². The molecule has 1 unspecified atom stereocenters. The van der Waals surface area contributed by atoms with E-state index in [1.54, 1.807) is 6.07 Å². The molecule has 0 bridgehead atoms. The first kappa shape index (κ1) is 14.8. The summed E-state index contributed by atoms with van der Waals surface area (Å²) in [5.74, 6) is -2.24. The minimum atomic E-state index is -1.13. The van der Waals surface area contributed by atoms with Gasteiger partial charge in [0, 0.05) is 0 Å². The average molecular weight is 284 g/mol. The highest BCUT2D eigenvalue weighted by molar-refractivity contribution is 5.95. The molecule has 4 nitrogen and oxygen atoms in total. The molecular formula is C17H16O4. The lowest BCUT2D eigenvalue weighted by Gasteiger charge is -2.15. The molecule has 0 spiro atoms. The number of carboxylic acids is 2. The first-order valence-corrected chi connectivity index (χ1v) is 6.63.